The Balaban J connectivity index is 2.04. The van der Waals surface area contributed by atoms with E-state index in [9.17, 15) is 10.2 Å². The van der Waals surface area contributed by atoms with Crippen LogP contribution in [0.15, 0.2) is 12.7 Å². The quantitative estimate of drug-likeness (QED) is 0.613. The SMILES string of the molecule is OC[C@H]1O[C@@H](n2cnc3c(Cl)ncnc32)[C@@H](O)[C@H]1O. The minimum absolute atomic E-state index is 0.190. The standard InChI is InChI=1S/C10H11ClN4O4/c11-8-5-9(13-2-12-8)15(3-14-5)10-7(18)6(17)4(1-16)19-10/h2-4,6-7,10,16-18H,1H2/t4-,6+,7+,10-/m1/s1. The number of aromatic nitrogens is 4. The van der Waals surface area contributed by atoms with Gasteiger partial charge in [0.2, 0.25) is 0 Å². The molecule has 0 aliphatic carbocycles. The maximum Gasteiger partial charge on any atom is 0.167 e. The molecule has 0 saturated carbocycles. The second kappa shape index (κ2) is 4.66. The molecule has 0 amide bonds. The van der Waals surface area contributed by atoms with E-state index in [2.05, 4.69) is 15.0 Å². The summed E-state index contributed by atoms with van der Waals surface area (Å²) in [4.78, 5) is 11.9. The normalized spacial score (nSPS) is 31.2. The van der Waals surface area contributed by atoms with E-state index in [-0.39, 0.29) is 5.15 Å². The summed E-state index contributed by atoms with van der Waals surface area (Å²) in [5.74, 6) is 0. The molecule has 102 valence electrons. The highest BCUT2D eigenvalue weighted by Crippen LogP contribution is 2.31. The number of halogens is 1. The summed E-state index contributed by atoms with van der Waals surface area (Å²) in [6, 6.07) is 0. The molecule has 0 spiro atoms. The molecule has 3 rings (SSSR count). The van der Waals surface area contributed by atoms with Gasteiger partial charge in [0.15, 0.2) is 17.0 Å². The molecule has 1 saturated heterocycles. The zero-order valence-corrected chi connectivity index (χ0v) is 10.3. The van der Waals surface area contributed by atoms with Crippen LogP contribution in [0.2, 0.25) is 5.15 Å². The average Bonchev–Trinajstić information content (AvgIpc) is 2.94. The lowest BCUT2D eigenvalue weighted by atomic mass is 10.1. The summed E-state index contributed by atoms with van der Waals surface area (Å²) < 4.78 is 6.85. The number of ether oxygens (including phenoxy) is 1. The predicted molar refractivity (Wildman–Crippen MR) is 63.3 cm³/mol. The van der Waals surface area contributed by atoms with Gasteiger partial charge in [-0.2, -0.15) is 0 Å². The lowest BCUT2D eigenvalue weighted by molar-refractivity contribution is -0.0511. The summed E-state index contributed by atoms with van der Waals surface area (Å²) in [7, 11) is 0. The number of fused-ring (bicyclic) bond motifs is 1. The first-order valence-electron chi connectivity index (χ1n) is 5.59. The van der Waals surface area contributed by atoms with Crippen LogP contribution in [0.3, 0.4) is 0 Å². The summed E-state index contributed by atoms with van der Waals surface area (Å²) in [6.07, 6.45) is -1.44. The maximum atomic E-state index is 9.95. The predicted octanol–water partition coefficient (Wildman–Crippen LogP) is -0.909. The Morgan fingerprint density at radius 3 is 2.74 bits per heavy atom. The zero-order valence-electron chi connectivity index (χ0n) is 9.59. The molecule has 0 radical (unpaired) electrons. The van der Waals surface area contributed by atoms with E-state index in [1.807, 2.05) is 0 Å². The fourth-order valence-corrected chi connectivity index (χ4v) is 2.30. The maximum absolute atomic E-state index is 9.95. The molecule has 0 unspecified atom stereocenters. The number of imidazole rings is 1. The molecule has 2 aromatic rings. The number of aliphatic hydroxyl groups excluding tert-OH is 3. The van der Waals surface area contributed by atoms with Gasteiger partial charge in [0, 0.05) is 0 Å². The molecule has 1 aliphatic heterocycles. The molecule has 4 atom stereocenters. The van der Waals surface area contributed by atoms with Crippen molar-refractivity contribution in [2.45, 2.75) is 24.5 Å². The molecule has 1 fully saturated rings. The van der Waals surface area contributed by atoms with E-state index in [1.165, 1.54) is 17.2 Å². The first-order chi connectivity index (χ1) is 9.13. The van der Waals surface area contributed by atoms with E-state index in [0.29, 0.717) is 11.2 Å². The van der Waals surface area contributed by atoms with Crippen LogP contribution in [-0.4, -0.2) is 59.8 Å². The van der Waals surface area contributed by atoms with Crippen LogP contribution < -0.4 is 0 Å². The van der Waals surface area contributed by atoms with Crippen LogP contribution in [-0.2, 0) is 4.74 Å². The van der Waals surface area contributed by atoms with Crippen molar-refractivity contribution in [3.05, 3.63) is 17.8 Å². The molecule has 3 N–H and O–H groups in total. The van der Waals surface area contributed by atoms with Crippen molar-refractivity contribution in [3.8, 4) is 0 Å². The number of nitrogens with zero attached hydrogens (tertiary/aromatic N) is 4. The highest BCUT2D eigenvalue weighted by molar-refractivity contribution is 6.33. The van der Waals surface area contributed by atoms with Crippen LogP contribution >= 0.6 is 11.6 Å². The highest BCUT2D eigenvalue weighted by Gasteiger charge is 2.43. The number of hydrogen-bond donors (Lipinski definition) is 3. The molecule has 0 bridgehead atoms. The summed E-state index contributed by atoms with van der Waals surface area (Å²) in [6.45, 7) is -0.392. The van der Waals surface area contributed by atoms with Gasteiger partial charge in [0.05, 0.1) is 12.9 Å². The lowest BCUT2D eigenvalue weighted by Crippen LogP contribution is -2.33. The monoisotopic (exact) mass is 286 g/mol. The second-order valence-electron chi connectivity index (χ2n) is 4.22. The molecule has 8 nitrogen and oxygen atoms in total. The Bertz CT molecular complexity index is 606. The molecular formula is C10H11ClN4O4. The Kier molecular flexibility index (Phi) is 3.11. The molecule has 19 heavy (non-hydrogen) atoms. The molecule has 1 aliphatic rings. The Labute approximate surface area is 112 Å². The van der Waals surface area contributed by atoms with Gasteiger partial charge in [-0.05, 0) is 0 Å². The Morgan fingerprint density at radius 2 is 2.05 bits per heavy atom. The topological polar surface area (TPSA) is 114 Å². The number of rotatable bonds is 2. The van der Waals surface area contributed by atoms with Gasteiger partial charge in [0.1, 0.15) is 30.2 Å². The van der Waals surface area contributed by atoms with Gasteiger partial charge in [-0.3, -0.25) is 4.57 Å². The summed E-state index contributed by atoms with van der Waals surface area (Å²) in [5, 5.41) is 28.9. The van der Waals surface area contributed by atoms with Crippen LogP contribution in [0, 0.1) is 0 Å². The zero-order chi connectivity index (χ0) is 13.6. The van der Waals surface area contributed by atoms with Crippen molar-refractivity contribution >= 4 is 22.8 Å². The molecule has 9 heteroatoms. The van der Waals surface area contributed by atoms with Crippen molar-refractivity contribution in [2.24, 2.45) is 0 Å². The van der Waals surface area contributed by atoms with E-state index < -0.39 is 31.1 Å². The number of hydrogen-bond acceptors (Lipinski definition) is 7. The van der Waals surface area contributed by atoms with Gasteiger partial charge in [-0.25, -0.2) is 15.0 Å². The molecular weight excluding hydrogens is 276 g/mol. The Hall–Kier alpha value is -1.32. The van der Waals surface area contributed by atoms with E-state index in [0.717, 1.165) is 0 Å². The molecule has 0 aromatic carbocycles. The minimum Gasteiger partial charge on any atom is -0.394 e. The van der Waals surface area contributed by atoms with Crippen molar-refractivity contribution < 1.29 is 20.1 Å². The van der Waals surface area contributed by atoms with Crippen LogP contribution in [0.25, 0.3) is 11.2 Å². The third-order valence-electron chi connectivity index (χ3n) is 3.11. The fourth-order valence-electron chi connectivity index (χ4n) is 2.12. The van der Waals surface area contributed by atoms with Crippen molar-refractivity contribution in [3.63, 3.8) is 0 Å². The first-order valence-corrected chi connectivity index (χ1v) is 5.96. The van der Waals surface area contributed by atoms with Crippen LogP contribution in [0.5, 0.6) is 0 Å². The lowest BCUT2D eigenvalue weighted by Gasteiger charge is -2.16. The van der Waals surface area contributed by atoms with E-state index >= 15 is 0 Å². The fraction of sp³-hybridized carbons (Fsp3) is 0.500. The van der Waals surface area contributed by atoms with E-state index in [1.54, 1.807) is 0 Å². The van der Waals surface area contributed by atoms with Gasteiger partial charge in [-0.15, -0.1) is 0 Å². The first kappa shape index (κ1) is 12.7. The second-order valence-corrected chi connectivity index (χ2v) is 4.58. The van der Waals surface area contributed by atoms with Gasteiger partial charge >= 0.3 is 0 Å². The van der Waals surface area contributed by atoms with Gasteiger partial charge in [0.25, 0.3) is 0 Å². The van der Waals surface area contributed by atoms with Crippen molar-refractivity contribution in [1.29, 1.82) is 0 Å². The summed E-state index contributed by atoms with van der Waals surface area (Å²) in [5.41, 5.74) is 0.761. The minimum atomic E-state index is -1.19. The van der Waals surface area contributed by atoms with Crippen LogP contribution in [0.1, 0.15) is 6.23 Å². The largest absolute Gasteiger partial charge is 0.394 e. The van der Waals surface area contributed by atoms with Crippen molar-refractivity contribution in [2.75, 3.05) is 6.61 Å². The third-order valence-corrected chi connectivity index (χ3v) is 3.38. The summed E-state index contributed by atoms with van der Waals surface area (Å²) >= 11 is 5.88. The third kappa shape index (κ3) is 1.88. The highest BCUT2D eigenvalue weighted by atomic mass is 35.5. The smallest absolute Gasteiger partial charge is 0.167 e. The molecule has 3 heterocycles. The Morgan fingerprint density at radius 1 is 1.26 bits per heavy atom. The van der Waals surface area contributed by atoms with Crippen molar-refractivity contribution in [1.82, 2.24) is 19.5 Å². The van der Waals surface area contributed by atoms with Gasteiger partial charge < -0.3 is 20.1 Å². The number of aliphatic hydroxyl groups is 3. The van der Waals surface area contributed by atoms with Crippen LogP contribution in [0.4, 0.5) is 0 Å². The average molecular weight is 287 g/mol. The van der Waals surface area contributed by atoms with E-state index in [4.69, 9.17) is 21.4 Å². The molecule has 2 aromatic heterocycles. The van der Waals surface area contributed by atoms with Gasteiger partial charge in [-0.1, -0.05) is 11.6 Å².